The number of carbonyl (C=O) groups excluding carboxylic acids is 1. The molecular formula is C21H21N5O. The molecule has 0 aliphatic heterocycles. The van der Waals surface area contributed by atoms with Gasteiger partial charge < -0.3 is 9.88 Å². The normalized spacial score (nSPS) is 12.2. The van der Waals surface area contributed by atoms with E-state index in [2.05, 4.69) is 32.1 Å². The first-order valence-electron chi connectivity index (χ1n) is 8.90. The second-order valence-corrected chi connectivity index (χ2v) is 6.61. The van der Waals surface area contributed by atoms with Gasteiger partial charge in [0.05, 0.1) is 19.0 Å². The van der Waals surface area contributed by atoms with Gasteiger partial charge in [-0.3, -0.25) is 9.48 Å². The summed E-state index contributed by atoms with van der Waals surface area (Å²) < 4.78 is 3.79. The van der Waals surface area contributed by atoms with E-state index in [1.807, 2.05) is 55.7 Å². The van der Waals surface area contributed by atoms with Crippen LogP contribution >= 0.6 is 0 Å². The number of para-hydroxylation sites is 1. The third kappa shape index (κ3) is 3.74. The number of nitrogens with zero attached hydrogens (tertiary/aromatic N) is 4. The van der Waals surface area contributed by atoms with Crippen LogP contribution in [0, 0.1) is 0 Å². The van der Waals surface area contributed by atoms with Crippen LogP contribution in [0.1, 0.15) is 17.2 Å². The highest BCUT2D eigenvalue weighted by Crippen LogP contribution is 2.21. The van der Waals surface area contributed by atoms with Crippen LogP contribution in [-0.4, -0.2) is 25.2 Å². The van der Waals surface area contributed by atoms with Crippen molar-refractivity contribution in [1.29, 1.82) is 0 Å². The lowest BCUT2D eigenvalue weighted by atomic mass is 10.1. The lowest BCUT2D eigenvalue weighted by Gasteiger charge is -2.19. The van der Waals surface area contributed by atoms with Gasteiger partial charge in [-0.25, -0.2) is 4.98 Å². The van der Waals surface area contributed by atoms with Gasteiger partial charge in [0, 0.05) is 24.1 Å². The van der Waals surface area contributed by atoms with E-state index < -0.39 is 0 Å². The Kier molecular flexibility index (Phi) is 4.70. The molecule has 6 heteroatoms. The van der Waals surface area contributed by atoms with Crippen LogP contribution in [0.5, 0.6) is 0 Å². The van der Waals surface area contributed by atoms with Crippen molar-refractivity contribution >= 4 is 16.8 Å². The second kappa shape index (κ2) is 7.45. The highest BCUT2D eigenvalue weighted by molar-refractivity contribution is 5.89. The molecule has 6 nitrogen and oxygen atoms in total. The Balaban J connectivity index is 1.54. The van der Waals surface area contributed by atoms with Gasteiger partial charge in [-0.05, 0) is 17.2 Å². The summed E-state index contributed by atoms with van der Waals surface area (Å²) in [4.78, 5) is 16.8. The number of amides is 1. The van der Waals surface area contributed by atoms with E-state index in [1.165, 1.54) is 6.33 Å². The third-order valence-corrected chi connectivity index (χ3v) is 4.70. The maximum absolute atomic E-state index is 12.8. The number of rotatable bonds is 6. The first-order valence-corrected chi connectivity index (χ1v) is 8.90. The maximum Gasteiger partial charge on any atom is 0.225 e. The zero-order valence-electron chi connectivity index (χ0n) is 15.1. The Morgan fingerprint density at radius 2 is 1.89 bits per heavy atom. The summed E-state index contributed by atoms with van der Waals surface area (Å²) in [7, 11) is 2.00. The van der Waals surface area contributed by atoms with E-state index in [9.17, 15) is 4.79 Å². The van der Waals surface area contributed by atoms with Gasteiger partial charge >= 0.3 is 0 Å². The molecule has 0 spiro atoms. The molecule has 1 amide bonds. The third-order valence-electron chi connectivity index (χ3n) is 4.70. The number of fused-ring (bicyclic) bond motifs is 1. The van der Waals surface area contributed by atoms with Gasteiger partial charge in [-0.15, -0.1) is 0 Å². The van der Waals surface area contributed by atoms with Crippen molar-refractivity contribution in [2.24, 2.45) is 7.05 Å². The number of hydrogen-bond acceptors (Lipinski definition) is 3. The van der Waals surface area contributed by atoms with Crippen LogP contribution < -0.4 is 5.32 Å². The van der Waals surface area contributed by atoms with Crippen LogP contribution in [0.3, 0.4) is 0 Å². The largest absolute Gasteiger partial charge is 0.350 e. The van der Waals surface area contributed by atoms with Crippen LogP contribution in [0.4, 0.5) is 0 Å². The average molecular weight is 359 g/mol. The van der Waals surface area contributed by atoms with Crippen LogP contribution in [0.15, 0.2) is 73.4 Å². The zero-order chi connectivity index (χ0) is 18.6. The van der Waals surface area contributed by atoms with E-state index in [0.29, 0.717) is 13.0 Å². The average Bonchev–Trinajstić information content (AvgIpc) is 3.31. The molecule has 0 bridgehead atoms. The summed E-state index contributed by atoms with van der Waals surface area (Å²) in [5.74, 6) is -0.0136. The molecule has 0 saturated carbocycles. The van der Waals surface area contributed by atoms with Crippen molar-refractivity contribution in [1.82, 2.24) is 24.6 Å². The van der Waals surface area contributed by atoms with E-state index in [-0.39, 0.29) is 11.9 Å². The molecule has 0 aliphatic rings. The number of carbonyl (C=O) groups is 1. The minimum absolute atomic E-state index is 0.0136. The topological polar surface area (TPSA) is 64.7 Å². The lowest BCUT2D eigenvalue weighted by Crippen LogP contribution is -2.32. The quantitative estimate of drug-likeness (QED) is 0.576. The summed E-state index contributed by atoms with van der Waals surface area (Å²) in [5.41, 5.74) is 3.19. The smallest absolute Gasteiger partial charge is 0.225 e. The molecule has 1 unspecified atom stereocenters. The summed E-state index contributed by atoms with van der Waals surface area (Å²) >= 11 is 0. The molecule has 1 atom stereocenters. The van der Waals surface area contributed by atoms with Crippen LogP contribution in [0.25, 0.3) is 10.9 Å². The predicted molar refractivity (Wildman–Crippen MR) is 104 cm³/mol. The molecule has 0 radical (unpaired) electrons. The fourth-order valence-corrected chi connectivity index (χ4v) is 3.42. The highest BCUT2D eigenvalue weighted by Gasteiger charge is 2.17. The Morgan fingerprint density at radius 1 is 1.11 bits per heavy atom. The molecule has 4 rings (SSSR count). The van der Waals surface area contributed by atoms with Crippen molar-refractivity contribution in [2.75, 3.05) is 0 Å². The zero-order valence-corrected chi connectivity index (χ0v) is 15.1. The van der Waals surface area contributed by atoms with E-state index in [1.54, 1.807) is 11.0 Å². The molecule has 136 valence electrons. The Labute approximate surface area is 157 Å². The summed E-state index contributed by atoms with van der Waals surface area (Å²) in [6.07, 6.45) is 5.52. The van der Waals surface area contributed by atoms with E-state index in [0.717, 1.165) is 22.0 Å². The maximum atomic E-state index is 12.8. The summed E-state index contributed by atoms with van der Waals surface area (Å²) in [6, 6.07) is 17.9. The fourth-order valence-electron chi connectivity index (χ4n) is 3.42. The molecular weight excluding hydrogens is 338 g/mol. The number of aryl methyl sites for hydroxylation is 1. The molecule has 2 aromatic carbocycles. The molecule has 0 fully saturated rings. The first kappa shape index (κ1) is 17.0. The molecule has 1 N–H and O–H groups in total. The monoisotopic (exact) mass is 359 g/mol. The number of hydrogen-bond donors (Lipinski definition) is 1. The van der Waals surface area contributed by atoms with Crippen molar-refractivity contribution in [2.45, 2.75) is 19.0 Å². The van der Waals surface area contributed by atoms with Crippen molar-refractivity contribution in [3.05, 3.63) is 84.6 Å². The van der Waals surface area contributed by atoms with Gasteiger partial charge in [0.2, 0.25) is 5.91 Å². The fraction of sp³-hybridized carbons (Fsp3) is 0.190. The number of nitrogens with one attached hydrogen (secondary N) is 1. The molecule has 0 saturated heterocycles. The Morgan fingerprint density at radius 3 is 2.67 bits per heavy atom. The SMILES string of the molecule is Cn1cc(CC(=O)NC(Cn2cncn2)c2ccccc2)c2ccccc21. The molecule has 0 aliphatic carbocycles. The standard InChI is InChI=1S/C21H21N5O/c1-25-12-17(18-9-5-6-10-20(18)25)11-21(27)24-19(13-26-15-22-14-23-26)16-7-3-2-4-8-16/h2-10,12,14-15,19H,11,13H2,1H3,(H,24,27). The predicted octanol–water partition coefficient (Wildman–Crippen LogP) is 2.87. The Hall–Kier alpha value is -3.41. The number of aromatic nitrogens is 4. The molecule has 4 aromatic rings. The van der Waals surface area contributed by atoms with Gasteiger partial charge in [0.25, 0.3) is 0 Å². The summed E-state index contributed by atoms with van der Waals surface area (Å²) in [5, 5.41) is 8.44. The molecule has 2 aromatic heterocycles. The van der Waals surface area contributed by atoms with Gasteiger partial charge in [0.1, 0.15) is 12.7 Å². The van der Waals surface area contributed by atoms with E-state index >= 15 is 0 Å². The minimum Gasteiger partial charge on any atom is -0.350 e. The van der Waals surface area contributed by atoms with E-state index in [4.69, 9.17) is 0 Å². The highest BCUT2D eigenvalue weighted by atomic mass is 16.1. The Bertz CT molecular complexity index is 1040. The van der Waals surface area contributed by atoms with Crippen molar-refractivity contribution in [3.63, 3.8) is 0 Å². The first-order chi connectivity index (χ1) is 13.2. The van der Waals surface area contributed by atoms with Crippen molar-refractivity contribution in [3.8, 4) is 0 Å². The minimum atomic E-state index is -0.171. The summed E-state index contributed by atoms with van der Waals surface area (Å²) in [6.45, 7) is 0.533. The van der Waals surface area contributed by atoms with Gasteiger partial charge in [-0.1, -0.05) is 48.5 Å². The van der Waals surface area contributed by atoms with Crippen molar-refractivity contribution < 1.29 is 4.79 Å². The van der Waals surface area contributed by atoms with Crippen LogP contribution in [-0.2, 0) is 24.8 Å². The van der Waals surface area contributed by atoms with Crippen LogP contribution in [0.2, 0.25) is 0 Å². The number of benzene rings is 2. The van der Waals surface area contributed by atoms with Gasteiger partial charge in [0.15, 0.2) is 0 Å². The molecule has 2 heterocycles. The van der Waals surface area contributed by atoms with Gasteiger partial charge in [-0.2, -0.15) is 5.10 Å². The lowest BCUT2D eigenvalue weighted by molar-refractivity contribution is -0.121. The second-order valence-electron chi connectivity index (χ2n) is 6.61. The molecule has 27 heavy (non-hydrogen) atoms.